The van der Waals surface area contributed by atoms with Gasteiger partial charge in [-0.3, -0.25) is 9.48 Å². The molecule has 1 aromatic heterocycles. The number of hydrogen-bond donors (Lipinski definition) is 0. The van der Waals surface area contributed by atoms with Crippen LogP contribution in [0.5, 0.6) is 0 Å². The van der Waals surface area contributed by atoms with Gasteiger partial charge in [0, 0.05) is 18.0 Å². The van der Waals surface area contributed by atoms with Gasteiger partial charge in [-0.15, -0.1) is 0 Å². The quantitative estimate of drug-likeness (QED) is 0.495. The van der Waals surface area contributed by atoms with E-state index in [-0.39, 0.29) is 6.61 Å². The lowest BCUT2D eigenvalue weighted by Gasteiger charge is -2.03. The summed E-state index contributed by atoms with van der Waals surface area (Å²) in [4.78, 5) is 23.5. The van der Waals surface area contributed by atoms with Gasteiger partial charge in [-0.25, -0.2) is 4.79 Å². The summed E-state index contributed by atoms with van der Waals surface area (Å²) in [5.74, 6) is -1.50. The first-order valence-electron chi connectivity index (χ1n) is 5.39. The smallest absolute Gasteiger partial charge is 0.379 e. The van der Waals surface area contributed by atoms with Crippen LogP contribution in [0.2, 0.25) is 0 Å². The molecular weight excluding hydrogens is 300 g/mol. The third-order valence-electron chi connectivity index (χ3n) is 2.54. The van der Waals surface area contributed by atoms with Crippen LogP contribution in [-0.4, -0.2) is 28.1 Å². The third kappa shape index (κ3) is 2.03. The molecule has 0 saturated heterocycles. The molecule has 0 aliphatic heterocycles. The number of fused-ring (bicyclic) bond motifs is 1. The van der Waals surface area contributed by atoms with Crippen molar-refractivity contribution < 1.29 is 14.3 Å². The van der Waals surface area contributed by atoms with Crippen molar-refractivity contribution in [1.82, 2.24) is 9.78 Å². The summed E-state index contributed by atoms with van der Waals surface area (Å²) in [5.41, 5.74) is 1.07. The molecule has 0 unspecified atom stereocenters. The van der Waals surface area contributed by atoms with Crippen LogP contribution in [0.15, 0.2) is 22.8 Å². The number of carbonyl (C=O) groups is 2. The van der Waals surface area contributed by atoms with Crippen LogP contribution < -0.4 is 0 Å². The van der Waals surface area contributed by atoms with Gasteiger partial charge in [-0.1, -0.05) is 6.07 Å². The Morgan fingerprint density at radius 2 is 2.17 bits per heavy atom. The van der Waals surface area contributed by atoms with Crippen LogP contribution in [0.1, 0.15) is 17.3 Å². The topological polar surface area (TPSA) is 61.2 Å². The molecule has 0 aliphatic rings. The van der Waals surface area contributed by atoms with Crippen LogP contribution in [-0.2, 0) is 16.6 Å². The molecule has 0 N–H and O–H groups in total. The summed E-state index contributed by atoms with van der Waals surface area (Å²) >= 11 is 3.29. The van der Waals surface area contributed by atoms with Crippen LogP contribution in [0.4, 0.5) is 0 Å². The maximum atomic E-state index is 12.0. The first kappa shape index (κ1) is 12.8. The average Bonchev–Trinajstić information content (AvgIpc) is 2.65. The van der Waals surface area contributed by atoms with Crippen molar-refractivity contribution in [3.05, 3.63) is 28.4 Å². The standard InChI is InChI=1S/C12H11BrN2O3/c1-3-18-12(17)10(16)7-5-4-6-8-9(7)11(13)14-15(8)2/h4-6H,3H2,1-2H3. The van der Waals surface area contributed by atoms with Crippen LogP contribution in [0.3, 0.4) is 0 Å². The molecule has 0 bridgehead atoms. The number of aromatic nitrogens is 2. The Bertz CT molecular complexity index is 634. The van der Waals surface area contributed by atoms with Gasteiger partial charge in [0.15, 0.2) is 0 Å². The number of rotatable bonds is 3. The van der Waals surface area contributed by atoms with Crippen molar-refractivity contribution in [2.75, 3.05) is 6.61 Å². The largest absolute Gasteiger partial charge is 0.460 e. The van der Waals surface area contributed by atoms with Crippen LogP contribution >= 0.6 is 15.9 Å². The number of benzene rings is 1. The molecular formula is C12H11BrN2O3. The minimum atomic E-state index is -0.847. The first-order chi connectivity index (χ1) is 8.56. The number of halogens is 1. The van der Waals surface area contributed by atoms with Gasteiger partial charge in [-0.2, -0.15) is 5.10 Å². The number of esters is 1. The number of Topliss-reactive ketones (excluding diaryl/α,β-unsaturated/α-hetero) is 1. The molecule has 0 saturated carbocycles. The normalized spacial score (nSPS) is 10.6. The fraction of sp³-hybridized carbons (Fsp3) is 0.250. The molecule has 0 spiro atoms. The van der Waals surface area contributed by atoms with E-state index in [0.717, 1.165) is 5.52 Å². The predicted octanol–water partition coefficient (Wildman–Crippen LogP) is 2.08. The van der Waals surface area contributed by atoms with E-state index in [1.807, 2.05) is 6.07 Å². The highest BCUT2D eigenvalue weighted by Crippen LogP contribution is 2.26. The number of hydrogen-bond acceptors (Lipinski definition) is 4. The predicted molar refractivity (Wildman–Crippen MR) is 69.4 cm³/mol. The highest BCUT2D eigenvalue weighted by Gasteiger charge is 2.22. The van der Waals surface area contributed by atoms with Crippen molar-refractivity contribution in [1.29, 1.82) is 0 Å². The maximum absolute atomic E-state index is 12.0. The summed E-state index contributed by atoms with van der Waals surface area (Å²) in [6.45, 7) is 1.83. The summed E-state index contributed by atoms with van der Waals surface area (Å²) in [7, 11) is 1.77. The van der Waals surface area contributed by atoms with Crippen LogP contribution in [0.25, 0.3) is 10.9 Å². The van der Waals surface area contributed by atoms with Gasteiger partial charge in [0.1, 0.15) is 4.60 Å². The van der Waals surface area contributed by atoms with Gasteiger partial charge in [0.25, 0.3) is 5.78 Å². The monoisotopic (exact) mass is 310 g/mol. The van der Waals surface area contributed by atoms with E-state index in [0.29, 0.717) is 15.6 Å². The van der Waals surface area contributed by atoms with Gasteiger partial charge < -0.3 is 4.74 Å². The van der Waals surface area contributed by atoms with Crippen molar-refractivity contribution in [3.63, 3.8) is 0 Å². The number of aryl methyl sites for hydroxylation is 1. The van der Waals surface area contributed by atoms with Crippen molar-refractivity contribution >= 4 is 38.6 Å². The van der Waals surface area contributed by atoms with E-state index in [1.165, 1.54) is 0 Å². The molecule has 0 atom stereocenters. The van der Waals surface area contributed by atoms with Gasteiger partial charge in [0.05, 0.1) is 12.1 Å². The zero-order chi connectivity index (χ0) is 13.3. The summed E-state index contributed by atoms with van der Waals surface area (Å²) in [6, 6.07) is 5.13. The maximum Gasteiger partial charge on any atom is 0.379 e. The third-order valence-corrected chi connectivity index (χ3v) is 3.10. The fourth-order valence-corrected chi connectivity index (χ4v) is 2.41. The number of ether oxygens (including phenoxy) is 1. The lowest BCUT2D eigenvalue weighted by Crippen LogP contribution is -2.17. The molecule has 1 heterocycles. The highest BCUT2D eigenvalue weighted by molar-refractivity contribution is 9.10. The average molecular weight is 311 g/mol. The van der Waals surface area contributed by atoms with Gasteiger partial charge in [0.2, 0.25) is 0 Å². The van der Waals surface area contributed by atoms with Gasteiger partial charge in [-0.05, 0) is 35.0 Å². The van der Waals surface area contributed by atoms with E-state index < -0.39 is 11.8 Å². The molecule has 18 heavy (non-hydrogen) atoms. The number of ketones is 1. The zero-order valence-corrected chi connectivity index (χ0v) is 11.5. The second-order valence-corrected chi connectivity index (χ2v) is 4.41. The van der Waals surface area contributed by atoms with E-state index >= 15 is 0 Å². The summed E-state index contributed by atoms with van der Waals surface area (Å²) in [5, 5.41) is 4.79. The Kier molecular flexibility index (Phi) is 3.47. The SMILES string of the molecule is CCOC(=O)C(=O)c1cccc2c1c(Br)nn2C. The van der Waals surface area contributed by atoms with Crippen molar-refractivity contribution in [2.45, 2.75) is 6.92 Å². The Morgan fingerprint density at radius 1 is 1.44 bits per heavy atom. The van der Waals surface area contributed by atoms with Crippen LogP contribution in [0, 0.1) is 0 Å². The number of carbonyl (C=O) groups excluding carboxylic acids is 2. The van der Waals surface area contributed by atoms with Gasteiger partial charge >= 0.3 is 5.97 Å². The Labute approximate surface area is 112 Å². The fourth-order valence-electron chi connectivity index (χ4n) is 1.76. The van der Waals surface area contributed by atoms with Crippen molar-refractivity contribution in [3.8, 4) is 0 Å². The minimum Gasteiger partial charge on any atom is -0.460 e. The Hall–Kier alpha value is -1.69. The first-order valence-corrected chi connectivity index (χ1v) is 6.18. The zero-order valence-electron chi connectivity index (χ0n) is 9.94. The molecule has 94 valence electrons. The van der Waals surface area contributed by atoms with E-state index in [9.17, 15) is 9.59 Å². The molecule has 1 aromatic carbocycles. The van der Waals surface area contributed by atoms with E-state index in [4.69, 9.17) is 4.74 Å². The molecule has 0 radical (unpaired) electrons. The summed E-state index contributed by atoms with van der Waals surface area (Å²) < 4.78 is 6.90. The summed E-state index contributed by atoms with van der Waals surface area (Å²) in [6.07, 6.45) is 0. The molecule has 2 rings (SSSR count). The molecule has 0 aliphatic carbocycles. The molecule has 2 aromatic rings. The number of nitrogens with zero attached hydrogens (tertiary/aromatic N) is 2. The highest BCUT2D eigenvalue weighted by atomic mass is 79.9. The lowest BCUT2D eigenvalue weighted by atomic mass is 10.1. The van der Waals surface area contributed by atoms with E-state index in [1.54, 1.807) is 30.8 Å². The molecule has 0 amide bonds. The van der Waals surface area contributed by atoms with E-state index in [2.05, 4.69) is 21.0 Å². The Morgan fingerprint density at radius 3 is 2.83 bits per heavy atom. The molecule has 6 heteroatoms. The molecule has 5 nitrogen and oxygen atoms in total. The lowest BCUT2D eigenvalue weighted by molar-refractivity contribution is -0.137. The Balaban J connectivity index is 2.58. The van der Waals surface area contributed by atoms with Crippen molar-refractivity contribution in [2.24, 2.45) is 7.05 Å². The minimum absolute atomic E-state index is 0.175. The second-order valence-electron chi connectivity index (χ2n) is 3.66. The second kappa shape index (κ2) is 4.89. The molecule has 0 fully saturated rings.